The van der Waals surface area contributed by atoms with E-state index in [0.29, 0.717) is 0 Å². The van der Waals surface area contributed by atoms with Crippen molar-refractivity contribution in [3.8, 4) is 0 Å². The van der Waals surface area contributed by atoms with Crippen LogP contribution < -0.4 is 0 Å². The van der Waals surface area contributed by atoms with Crippen LogP contribution in [0.5, 0.6) is 0 Å². The zero-order valence-electron chi connectivity index (χ0n) is 4.45. The average molecular weight is 100 g/mol. The highest BCUT2D eigenvalue weighted by Gasteiger charge is 2.17. The average Bonchev–Trinajstić information content (AvgIpc) is 1.58. The molecule has 0 saturated heterocycles. The van der Waals surface area contributed by atoms with Gasteiger partial charge in [0.25, 0.3) is 0 Å². The Labute approximate surface area is 43.0 Å². The van der Waals surface area contributed by atoms with Gasteiger partial charge in [0.1, 0.15) is 0 Å². The summed E-state index contributed by atoms with van der Waals surface area (Å²) in [5, 5.41) is 0. The molecule has 1 fully saturated rings. The molecule has 0 aromatic carbocycles. The van der Waals surface area contributed by atoms with Crippen molar-refractivity contribution in [2.75, 3.05) is 0 Å². The highest BCUT2D eigenvalue weighted by molar-refractivity contribution is 5.08. The van der Waals surface area contributed by atoms with E-state index in [9.17, 15) is 4.39 Å². The molecular formula is C6H9F. The van der Waals surface area contributed by atoms with Gasteiger partial charge < -0.3 is 0 Å². The maximum absolute atomic E-state index is 11.4. The molecule has 0 spiro atoms. The van der Waals surface area contributed by atoms with Crippen molar-refractivity contribution in [3.05, 3.63) is 11.9 Å². The Balaban J connectivity index is 2.30. The van der Waals surface area contributed by atoms with E-state index in [4.69, 9.17) is 0 Å². The summed E-state index contributed by atoms with van der Waals surface area (Å²) in [4.78, 5) is 0. The second-order valence-electron chi connectivity index (χ2n) is 2.28. The van der Waals surface area contributed by atoms with E-state index in [1.54, 1.807) is 0 Å². The Hall–Kier alpha value is -0.330. The maximum atomic E-state index is 11.4. The van der Waals surface area contributed by atoms with Gasteiger partial charge in [-0.3, -0.25) is 0 Å². The largest absolute Gasteiger partial charge is 0.216 e. The molecular weight excluding hydrogens is 91.1 g/mol. The van der Waals surface area contributed by atoms with E-state index in [2.05, 4.69) is 6.92 Å². The summed E-state index contributed by atoms with van der Waals surface area (Å²) in [5.41, 5.74) is 0.979. The van der Waals surface area contributed by atoms with Crippen LogP contribution in [0.3, 0.4) is 0 Å². The van der Waals surface area contributed by atoms with Crippen LogP contribution >= 0.6 is 0 Å². The fraction of sp³-hybridized carbons (Fsp3) is 0.667. The van der Waals surface area contributed by atoms with Gasteiger partial charge in [-0.25, -0.2) is 4.39 Å². The van der Waals surface area contributed by atoms with Gasteiger partial charge >= 0.3 is 0 Å². The van der Waals surface area contributed by atoms with Crippen LogP contribution in [0, 0.1) is 5.92 Å². The molecule has 0 bridgehead atoms. The van der Waals surface area contributed by atoms with Gasteiger partial charge in [-0.15, -0.1) is 0 Å². The minimum atomic E-state index is 0.736. The van der Waals surface area contributed by atoms with Gasteiger partial charge in [0.05, 0.1) is 6.33 Å². The SMILES string of the molecule is CC1CC(=CF)C1. The third kappa shape index (κ3) is 0.817. The van der Waals surface area contributed by atoms with Gasteiger partial charge in [0.2, 0.25) is 0 Å². The molecule has 0 aromatic heterocycles. The van der Waals surface area contributed by atoms with Gasteiger partial charge in [-0.05, 0) is 24.3 Å². The van der Waals surface area contributed by atoms with Crippen LogP contribution in [0.1, 0.15) is 19.8 Å². The Morgan fingerprint density at radius 2 is 2.29 bits per heavy atom. The predicted molar refractivity (Wildman–Crippen MR) is 27.6 cm³/mol. The fourth-order valence-electron chi connectivity index (χ4n) is 0.924. The Morgan fingerprint density at radius 3 is 2.43 bits per heavy atom. The molecule has 7 heavy (non-hydrogen) atoms. The molecule has 1 saturated carbocycles. The van der Waals surface area contributed by atoms with Crippen molar-refractivity contribution in [3.63, 3.8) is 0 Å². The van der Waals surface area contributed by atoms with Gasteiger partial charge in [0.15, 0.2) is 0 Å². The van der Waals surface area contributed by atoms with Gasteiger partial charge in [0, 0.05) is 0 Å². The van der Waals surface area contributed by atoms with E-state index in [1.165, 1.54) is 0 Å². The van der Waals surface area contributed by atoms with Crippen molar-refractivity contribution in [2.45, 2.75) is 19.8 Å². The molecule has 40 valence electrons. The predicted octanol–water partition coefficient (Wildman–Crippen LogP) is 2.27. The molecule has 0 nitrogen and oxygen atoms in total. The molecule has 1 aliphatic rings. The minimum absolute atomic E-state index is 0.736. The lowest BCUT2D eigenvalue weighted by atomic mass is 9.83. The lowest BCUT2D eigenvalue weighted by molar-refractivity contribution is 0.446. The molecule has 0 N–H and O–H groups in total. The standard InChI is InChI=1S/C6H9F/c1-5-2-6(3-5)4-7/h4-5H,2-3H2,1H3. The summed E-state index contributed by atoms with van der Waals surface area (Å²) in [6.45, 7) is 2.13. The third-order valence-electron chi connectivity index (χ3n) is 1.38. The quantitative estimate of drug-likeness (QED) is 0.438. The Bertz CT molecular complexity index is 86.4. The molecule has 0 amide bonds. The zero-order valence-corrected chi connectivity index (χ0v) is 4.45. The first kappa shape index (κ1) is 4.82. The maximum Gasteiger partial charge on any atom is 0.0859 e. The molecule has 0 unspecified atom stereocenters. The molecule has 0 aliphatic heterocycles. The molecule has 0 atom stereocenters. The van der Waals surface area contributed by atoms with Crippen LogP contribution in [-0.2, 0) is 0 Å². The van der Waals surface area contributed by atoms with E-state index >= 15 is 0 Å². The number of halogens is 1. The van der Waals surface area contributed by atoms with E-state index in [1.807, 2.05) is 0 Å². The summed E-state index contributed by atoms with van der Waals surface area (Å²) in [6.07, 6.45) is 2.70. The number of allylic oxidation sites excluding steroid dienone is 1. The molecule has 1 rings (SSSR count). The summed E-state index contributed by atoms with van der Waals surface area (Å²) in [7, 11) is 0. The topological polar surface area (TPSA) is 0 Å². The normalized spacial score (nSPS) is 29.4. The lowest BCUT2D eigenvalue weighted by Gasteiger charge is -2.23. The molecule has 0 radical (unpaired) electrons. The molecule has 0 heterocycles. The van der Waals surface area contributed by atoms with Gasteiger partial charge in [-0.1, -0.05) is 6.92 Å². The minimum Gasteiger partial charge on any atom is -0.216 e. The highest BCUT2D eigenvalue weighted by Crippen LogP contribution is 2.31. The van der Waals surface area contributed by atoms with Crippen LogP contribution in [0.25, 0.3) is 0 Å². The monoisotopic (exact) mass is 100 g/mol. The number of rotatable bonds is 0. The van der Waals surface area contributed by atoms with Crippen molar-refractivity contribution < 1.29 is 4.39 Å². The van der Waals surface area contributed by atoms with E-state index < -0.39 is 0 Å². The first-order valence-corrected chi connectivity index (χ1v) is 2.61. The number of hydrogen-bond donors (Lipinski definition) is 0. The van der Waals surface area contributed by atoms with Crippen LogP contribution in [-0.4, -0.2) is 0 Å². The second kappa shape index (κ2) is 1.65. The summed E-state index contributed by atoms with van der Waals surface area (Å²) in [5.74, 6) is 0.738. The lowest BCUT2D eigenvalue weighted by Crippen LogP contribution is -2.09. The van der Waals surface area contributed by atoms with Crippen LogP contribution in [0.2, 0.25) is 0 Å². The number of hydrogen-bond acceptors (Lipinski definition) is 0. The van der Waals surface area contributed by atoms with Crippen molar-refractivity contribution >= 4 is 0 Å². The zero-order chi connectivity index (χ0) is 5.28. The molecule has 1 heteroatoms. The van der Waals surface area contributed by atoms with Gasteiger partial charge in [-0.2, -0.15) is 0 Å². The van der Waals surface area contributed by atoms with Crippen molar-refractivity contribution in [1.82, 2.24) is 0 Å². The summed E-state index contributed by atoms with van der Waals surface area (Å²) >= 11 is 0. The third-order valence-corrected chi connectivity index (χ3v) is 1.38. The molecule has 0 aromatic rings. The smallest absolute Gasteiger partial charge is 0.0859 e. The van der Waals surface area contributed by atoms with Crippen LogP contribution in [0.4, 0.5) is 4.39 Å². The summed E-state index contributed by atoms with van der Waals surface area (Å²) in [6, 6.07) is 0. The van der Waals surface area contributed by atoms with E-state index in [-0.39, 0.29) is 0 Å². The Morgan fingerprint density at radius 1 is 1.71 bits per heavy atom. The second-order valence-corrected chi connectivity index (χ2v) is 2.28. The van der Waals surface area contributed by atoms with Crippen LogP contribution in [0.15, 0.2) is 11.9 Å². The summed E-state index contributed by atoms with van der Waals surface area (Å²) < 4.78 is 11.4. The highest BCUT2D eigenvalue weighted by atomic mass is 19.1. The van der Waals surface area contributed by atoms with E-state index in [0.717, 1.165) is 30.7 Å². The first-order valence-electron chi connectivity index (χ1n) is 2.61. The Kier molecular flexibility index (Phi) is 1.13. The fourth-order valence-corrected chi connectivity index (χ4v) is 0.924. The van der Waals surface area contributed by atoms with Crippen molar-refractivity contribution in [2.24, 2.45) is 5.92 Å². The molecule has 1 aliphatic carbocycles. The first-order chi connectivity index (χ1) is 3.33. The van der Waals surface area contributed by atoms with Crippen molar-refractivity contribution in [1.29, 1.82) is 0 Å².